The van der Waals surface area contributed by atoms with Crippen molar-refractivity contribution in [2.75, 3.05) is 26.3 Å². The molecule has 0 radical (unpaired) electrons. The first-order valence-corrected chi connectivity index (χ1v) is 5.25. The van der Waals surface area contributed by atoms with Crippen molar-refractivity contribution in [2.45, 2.75) is 26.3 Å². The first-order valence-electron chi connectivity index (χ1n) is 5.25. The largest absolute Gasteiger partial charge is 0.377 e. The van der Waals surface area contributed by atoms with Crippen LogP contribution in [0.5, 0.6) is 0 Å². The fraction of sp³-hybridized carbons (Fsp3) is 0.900. The van der Waals surface area contributed by atoms with E-state index in [2.05, 4.69) is 0 Å². The summed E-state index contributed by atoms with van der Waals surface area (Å²) in [4.78, 5) is 13.7. The van der Waals surface area contributed by atoms with E-state index >= 15 is 0 Å². The standard InChI is InChI=1S/C10H20N2O2/c1-8(2)10(13)12-5-6-14-7-9(12)3-4-11/h8-9H,3-7,11H2,1-2H3. The molecular formula is C10H20N2O2. The lowest BCUT2D eigenvalue weighted by molar-refractivity contribution is -0.143. The zero-order valence-electron chi connectivity index (χ0n) is 9.03. The predicted octanol–water partition coefficient (Wildman–Crippen LogP) is 0.219. The quantitative estimate of drug-likeness (QED) is 0.709. The Balaban J connectivity index is 2.57. The van der Waals surface area contributed by atoms with Crippen molar-refractivity contribution in [2.24, 2.45) is 11.7 Å². The van der Waals surface area contributed by atoms with E-state index in [0.717, 1.165) is 6.42 Å². The molecule has 14 heavy (non-hydrogen) atoms. The molecule has 0 aliphatic carbocycles. The van der Waals surface area contributed by atoms with Crippen LogP contribution in [0.3, 0.4) is 0 Å². The van der Waals surface area contributed by atoms with Gasteiger partial charge in [-0.15, -0.1) is 0 Å². The maximum absolute atomic E-state index is 11.8. The van der Waals surface area contributed by atoms with Gasteiger partial charge in [0.25, 0.3) is 0 Å². The summed E-state index contributed by atoms with van der Waals surface area (Å²) in [5.41, 5.74) is 5.50. The molecule has 0 aromatic carbocycles. The van der Waals surface area contributed by atoms with Gasteiger partial charge in [0.05, 0.1) is 19.3 Å². The number of nitrogens with zero attached hydrogens (tertiary/aromatic N) is 1. The molecule has 4 nitrogen and oxygen atoms in total. The lowest BCUT2D eigenvalue weighted by Crippen LogP contribution is -2.50. The Morgan fingerprint density at radius 1 is 1.64 bits per heavy atom. The number of carbonyl (C=O) groups is 1. The van der Waals surface area contributed by atoms with Gasteiger partial charge < -0.3 is 15.4 Å². The normalized spacial score (nSPS) is 22.9. The van der Waals surface area contributed by atoms with Gasteiger partial charge >= 0.3 is 0 Å². The second kappa shape index (κ2) is 5.32. The van der Waals surface area contributed by atoms with Crippen LogP contribution in [0.1, 0.15) is 20.3 Å². The second-order valence-corrected chi connectivity index (χ2v) is 3.99. The molecule has 1 fully saturated rings. The minimum absolute atomic E-state index is 0.0633. The van der Waals surface area contributed by atoms with Crippen molar-refractivity contribution in [3.05, 3.63) is 0 Å². The molecule has 1 heterocycles. The van der Waals surface area contributed by atoms with Crippen LogP contribution in [0.2, 0.25) is 0 Å². The average Bonchev–Trinajstić information content (AvgIpc) is 2.18. The van der Waals surface area contributed by atoms with E-state index in [9.17, 15) is 4.79 Å². The number of ether oxygens (including phenoxy) is 1. The fourth-order valence-electron chi connectivity index (χ4n) is 1.71. The molecule has 82 valence electrons. The predicted molar refractivity (Wildman–Crippen MR) is 54.8 cm³/mol. The summed E-state index contributed by atoms with van der Waals surface area (Å²) in [5.74, 6) is 0.278. The molecule has 2 N–H and O–H groups in total. The van der Waals surface area contributed by atoms with Crippen molar-refractivity contribution in [3.8, 4) is 0 Å². The zero-order valence-corrected chi connectivity index (χ0v) is 9.03. The minimum Gasteiger partial charge on any atom is -0.377 e. The third-order valence-corrected chi connectivity index (χ3v) is 2.50. The van der Waals surface area contributed by atoms with Gasteiger partial charge in [0.15, 0.2) is 0 Å². The Hall–Kier alpha value is -0.610. The second-order valence-electron chi connectivity index (χ2n) is 3.99. The highest BCUT2D eigenvalue weighted by atomic mass is 16.5. The van der Waals surface area contributed by atoms with E-state index in [-0.39, 0.29) is 17.9 Å². The van der Waals surface area contributed by atoms with Gasteiger partial charge in [0.1, 0.15) is 0 Å². The Morgan fingerprint density at radius 2 is 2.36 bits per heavy atom. The third-order valence-electron chi connectivity index (χ3n) is 2.50. The van der Waals surface area contributed by atoms with Crippen molar-refractivity contribution in [1.29, 1.82) is 0 Å². The van der Waals surface area contributed by atoms with Crippen LogP contribution in [0.4, 0.5) is 0 Å². The highest BCUT2D eigenvalue weighted by Gasteiger charge is 2.27. The van der Waals surface area contributed by atoms with Crippen molar-refractivity contribution in [3.63, 3.8) is 0 Å². The van der Waals surface area contributed by atoms with Gasteiger partial charge in [-0.05, 0) is 13.0 Å². The Morgan fingerprint density at radius 3 is 2.93 bits per heavy atom. The van der Waals surface area contributed by atoms with Gasteiger partial charge in [0.2, 0.25) is 5.91 Å². The van der Waals surface area contributed by atoms with Gasteiger partial charge in [-0.25, -0.2) is 0 Å². The van der Waals surface area contributed by atoms with Crippen LogP contribution < -0.4 is 5.73 Å². The van der Waals surface area contributed by atoms with Crippen molar-refractivity contribution < 1.29 is 9.53 Å². The fourth-order valence-corrected chi connectivity index (χ4v) is 1.71. The maximum atomic E-state index is 11.8. The van der Waals surface area contributed by atoms with Gasteiger partial charge in [-0.1, -0.05) is 13.8 Å². The molecule has 1 saturated heterocycles. The molecule has 1 aliphatic heterocycles. The van der Waals surface area contributed by atoms with Crippen LogP contribution in [0.25, 0.3) is 0 Å². The number of nitrogens with two attached hydrogens (primary N) is 1. The molecule has 4 heteroatoms. The summed E-state index contributed by atoms with van der Waals surface area (Å²) < 4.78 is 5.35. The van der Waals surface area contributed by atoms with E-state index in [1.807, 2.05) is 18.7 Å². The van der Waals surface area contributed by atoms with Crippen molar-refractivity contribution in [1.82, 2.24) is 4.90 Å². The Bertz CT molecular complexity index is 193. The first-order chi connectivity index (χ1) is 6.66. The van der Waals surface area contributed by atoms with E-state index < -0.39 is 0 Å². The van der Waals surface area contributed by atoms with E-state index in [0.29, 0.717) is 26.3 Å². The monoisotopic (exact) mass is 200 g/mol. The molecule has 0 bridgehead atoms. The molecule has 1 rings (SSSR count). The lowest BCUT2D eigenvalue weighted by atomic mass is 10.1. The summed E-state index contributed by atoms with van der Waals surface area (Å²) in [7, 11) is 0. The smallest absolute Gasteiger partial charge is 0.225 e. The summed E-state index contributed by atoms with van der Waals surface area (Å²) in [6, 6.07) is 0.184. The van der Waals surface area contributed by atoms with E-state index in [1.165, 1.54) is 0 Å². The number of morpholine rings is 1. The molecule has 1 aliphatic rings. The molecule has 0 saturated carbocycles. The highest BCUT2D eigenvalue weighted by molar-refractivity contribution is 5.78. The van der Waals surface area contributed by atoms with Crippen LogP contribution >= 0.6 is 0 Å². The summed E-state index contributed by atoms with van der Waals surface area (Å²) >= 11 is 0. The number of hydrogen-bond donors (Lipinski definition) is 1. The van der Waals surface area contributed by atoms with Crippen LogP contribution in [-0.2, 0) is 9.53 Å². The summed E-state index contributed by atoms with van der Waals surface area (Å²) in [6.07, 6.45) is 0.832. The van der Waals surface area contributed by atoms with Gasteiger partial charge in [0, 0.05) is 12.5 Å². The minimum atomic E-state index is 0.0633. The summed E-state index contributed by atoms with van der Waals surface area (Å²) in [6.45, 7) is 6.46. The molecule has 1 amide bonds. The Labute approximate surface area is 85.4 Å². The molecule has 0 aromatic heterocycles. The van der Waals surface area contributed by atoms with Crippen LogP contribution in [0, 0.1) is 5.92 Å². The van der Waals surface area contributed by atoms with Gasteiger partial charge in [-0.3, -0.25) is 4.79 Å². The first kappa shape index (κ1) is 11.5. The average molecular weight is 200 g/mol. The summed E-state index contributed by atoms with van der Waals surface area (Å²) in [5, 5.41) is 0. The number of hydrogen-bond acceptors (Lipinski definition) is 3. The van der Waals surface area contributed by atoms with Crippen LogP contribution in [0.15, 0.2) is 0 Å². The molecule has 0 aromatic rings. The van der Waals surface area contributed by atoms with Crippen LogP contribution in [-0.4, -0.2) is 43.2 Å². The molecule has 1 unspecified atom stereocenters. The van der Waals surface area contributed by atoms with E-state index in [4.69, 9.17) is 10.5 Å². The third kappa shape index (κ3) is 2.69. The SMILES string of the molecule is CC(C)C(=O)N1CCOCC1CCN. The molecular weight excluding hydrogens is 180 g/mol. The molecule has 0 spiro atoms. The maximum Gasteiger partial charge on any atom is 0.225 e. The number of rotatable bonds is 3. The van der Waals surface area contributed by atoms with Crippen molar-refractivity contribution >= 4 is 5.91 Å². The van der Waals surface area contributed by atoms with Gasteiger partial charge in [-0.2, -0.15) is 0 Å². The highest BCUT2D eigenvalue weighted by Crippen LogP contribution is 2.13. The van der Waals surface area contributed by atoms with E-state index in [1.54, 1.807) is 0 Å². The zero-order chi connectivity index (χ0) is 10.6. The topological polar surface area (TPSA) is 55.6 Å². The number of carbonyl (C=O) groups excluding carboxylic acids is 1. The molecule has 1 atom stereocenters. The lowest BCUT2D eigenvalue weighted by Gasteiger charge is -2.36. The Kier molecular flexibility index (Phi) is 4.35. The number of amides is 1.